The molecule has 2 aromatic heterocycles. The zero-order chi connectivity index (χ0) is 14.4. The van der Waals surface area contributed by atoms with Crippen molar-refractivity contribution in [3.8, 4) is 0 Å². The van der Waals surface area contributed by atoms with E-state index in [0.29, 0.717) is 18.5 Å². The number of aromatic nitrogens is 3. The Morgan fingerprint density at radius 3 is 2.90 bits per heavy atom. The first-order chi connectivity index (χ1) is 9.70. The van der Waals surface area contributed by atoms with Crippen molar-refractivity contribution >= 4 is 6.01 Å². The summed E-state index contributed by atoms with van der Waals surface area (Å²) in [6.45, 7) is 5.72. The Kier molecular flexibility index (Phi) is 5.06. The van der Waals surface area contributed by atoms with Gasteiger partial charge in [0, 0.05) is 13.2 Å². The minimum Gasteiger partial charge on any atom is -0.406 e. The maximum atomic E-state index is 5.69. The molecule has 0 aliphatic heterocycles. The van der Waals surface area contributed by atoms with Crippen molar-refractivity contribution in [1.29, 1.82) is 0 Å². The summed E-state index contributed by atoms with van der Waals surface area (Å²) in [4.78, 5) is 6.18. The van der Waals surface area contributed by atoms with E-state index in [-0.39, 0.29) is 6.04 Å². The largest absolute Gasteiger partial charge is 0.406 e. The SMILES string of the molecule is CCCNC(C)c1nnc(N(C)Cc2ccccn2)o1. The lowest BCUT2D eigenvalue weighted by atomic mass is 10.3. The molecule has 2 rings (SSSR count). The fourth-order valence-corrected chi connectivity index (χ4v) is 1.81. The molecule has 0 aliphatic rings. The second-order valence-corrected chi connectivity index (χ2v) is 4.78. The Balaban J connectivity index is 1.97. The molecule has 1 atom stereocenters. The highest BCUT2D eigenvalue weighted by Crippen LogP contribution is 2.17. The van der Waals surface area contributed by atoms with Crippen molar-refractivity contribution in [2.24, 2.45) is 0 Å². The smallest absolute Gasteiger partial charge is 0.318 e. The van der Waals surface area contributed by atoms with E-state index in [4.69, 9.17) is 4.42 Å². The van der Waals surface area contributed by atoms with Crippen molar-refractivity contribution in [2.75, 3.05) is 18.5 Å². The fourth-order valence-electron chi connectivity index (χ4n) is 1.81. The quantitative estimate of drug-likeness (QED) is 0.835. The predicted molar refractivity (Wildman–Crippen MR) is 77.4 cm³/mol. The zero-order valence-electron chi connectivity index (χ0n) is 12.2. The average Bonchev–Trinajstić information content (AvgIpc) is 2.96. The highest BCUT2D eigenvalue weighted by Gasteiger charge is 2.15. The van der Waals surface area contributed by atoms with E-state index >= 15 is 0 Å². The van der Waals surface area contributed by atoms with E-state index in [1.165, 1.54) is 0 Å². The summed E-state index contributed by atoms with van der Waals surface area (Å²) in [6.07, 6.45) is 2.85. The molecule has 0 aliphatic carbocycles. The highest BCUT2D eigenvalue weighted by molar-refractivity contribution is 5.24. The van der Waals surface area contributed by atoms with Gasteiger partial charge in [0.25, 0.3) is 0 Å². The summed E-state index contributed by atoms with van der Waals surface area (Å²) in [5, 5.41) is 11.5. The monoisotopic (exact) mass is 275 g/mol. The van der Waals surface area contributed by atoms with Gasteiger partial charge in [-0.25, -0.2) is 0 Å². The van der Waals surface area contributed by atoms with Crippen molar-refractivity contribution in [3.05, 3.63) is 36.0 Å². The molecule has 2 aromatic rings. The van der Waals surface area contributed by atoms with Crippen molar-refractivity contribution in [3.63, 3.8) is 0 Å². The molecule has 0 saturated carbocycles. The Morgan fingerprint density at radius 2 is 2.20 bits per heavy atom. The van der Waals surface area contributed by atoms with Gasteiger partial charge in [0.15, 0.2) is 0 Å². The van der Waals surface area contributed by atoms with Gasteiger partial charge in [0.2, 0.25) is 5.89 Å². The predicted octanol–water partition coefficient (Wildman–Crippen LogP) is 2.16. The van der Waals surface area contributed by atoms with Gasteiger partial charge < -0.3 is 14.6 Å². The number of anilines is 1. The van der Waals surface area contributed by atoms with E-state index < -0.39 is 0 Å². The summed E-state index contributed by atoms with van der Waals surface area (Å²) in [7, 11) is 1.91. The number of hydrogen-bond donors (Lipinski definition) is 1. The first-order valence-corrected chi connectivity index (χ1v) is 6.88. The molecule has 6 nitrogen and oxygen atoms in total. The maximum absolute atomic E-state index is 5.69. The average molecular weight is 275 g/mol. The third-order valence-electron chi connectivity index (χ3n) is 2.95. The van der Waals surface area contributed by atoms with Crippen LogP contribution in [0.15, 0.2) is 28.8 Å². The van der Waals surface area contributed by atoms with Crippen LogP contribution in [0.1, 0.15) is 37.9 Å². The van der Waals surface area contributed by atoms with Gasteiger partial charge in [-0.3, -0.25) is 4.98 Å². The van der Waals surface area contributed by atoms with Crippen LogP contribution in [0.25, 0.3) is 0 Å². The van der Waals surface area contributed by atoms with Gasteiger partial charge in [-0.15, -0.1) is 5.10 Å². The second-order valence-electron chi connectivity index (χ2n) is 4.78. The van der Waals surface area contributed by atoms with E-state index in [9.17, 15) is 0 Å². The Morgan fingerprint density at radius 1 is 1.35 bits per heavy atom. The van der Waals surface area contributed by atoms with E-state index in [1.807, 2.05) is 37.1 Å². The van der Waals surface area contributed by atoms with Crippen LogP contribution in [0.2, 0.25) is 0 Å². The van der Waals surface area contributed by atoms with Gasteiger partial charge in [-0.1, -0.05) is 18.1 Å². The van der Waals surface area contributed by atoms with Crippen LogP contribution in [-0.2, 0) is 6.54 Å². The normalized spacial score (nSPS) is 12.3. The summed E-state index contributed by atoms with van der Waals surface area (Å²) < 4.78 is 5.69. The number of hydrogen-bond acceptors (Lipinski definition) is 6. The third kappa shape index (κ3) is 3.77. The van der Waals surface area contributed by atoms with Crippen LogP contribution >= 0.6 is 0 Å². The minimum absolute atomic E-state index is 0.0689. The van der Waals surface area contributed by atoms with Crippen molar-refractivity contribution in [2.45, 2.75) is 32.9 Å². The lowest BCUT2D eigenvalue weighted by molar-refractivity contribution is 0.416. The summed E-state index contributed by atoms with van der Waals surface area (Å²) in [5.74, 6) is 0.612. The van der Waals surface area contributed by atoms with Gasteiger partial charge >= 0.3 is 6.01 Å². The van der Waals surface area contributed by atoms with Gasteiger partial charge in [0.1, 0.15) is 0 Å². The number of nitrogens with zero attached hydrogens (tertiary/aromatic N) is 4. The van der Waals surface area contributed by atoms with Crippen LogP contribution in [0.5, 0.6) is 0 Å². The Labute approximate surface area is 119 Å². The molecule has 0 radical (unpaired) electrons. The van der Waals surface area contributed by atoms with Crippen molar-refractivity contribution in [1.82, 2.24) is 20.5 Å². The van der Waals surface area contributed by atoms with E-state index in [1.54, 1.807) is 6.20 Å². The van der Waals surface area contributed by atoms with Gasteiger partial charge in [0.05, 0.1) is 18.3 Å². The molecule has 0 spiro atoms. The molecule has 20 heavy (non-hydrogen) atoms. The van der Waals surface area contributed by atoms with Crippen LogP contribution in [0.4, 0.5) is 6.01 Å². The molecule has 0 amide bonds. The third-order valence-corrected chi connectivity index (χ3v) is 2.95. The summed E-state index contributed by atoms with van der Waals surface area (Å²) in [5.41, 5.74) is 0.965. The van der Waals surface area contributed by atoms with Gasteiger partial charge in [-0.05, 0) is 32.0 Å². The molecule has 2 heterocycles. The topological polar surface area (TPSA) is 67.1 Å². The van der Waals surface area contributed by atoms with Crippen LogP contribution in [-0.4, -0.2) is 28.8 Å². The molecule has 0 bridgehead atoms. The number of pyridine rings is 1. The Hall–Kier alpha value is -1.95. The number of rotatable bonds is 7. The van der Waals surface area contributed by atoms with Crippen LogP contribution in [0.3, 0.4) is 0 Å². The molecule has 0 fully saturated rings. The fraction of sp³-hybridized carbons (Fsp3) is 0.500. The number of nitrogens with one attached hydrogen (secondary N) is 1. The van der Waals surface area contributed by atoms with Crippen LogP contribution < -0.4 is 10.2 Å². The van der Waals surface area contributed by atoms with Gasteiger partial charge in [-0.2, -0.15) is 0 Å². The summed E-state index contributed by atoms with van der Waals surface area (Å²) in [6, 6.07) is 6.41. The van der Waals surface area contributed by atoms with Crippen LogP contribution in [0, 0.1) is 0 Å². The molecule has 0 saturated heterocycles. The lowest BCUT2D eigenvalue weighted by Gasteiger charge is -2.13. The molecule has 1 unspecified atom stereocenters. The summed E-state index contributed by atoms with van der Waals surface area (Å²) >= 11 is 0. The molecule has 6 heteroatoms. The van der Waals surface area contributed by atoms with E-state index in [2.05, 4.69) is 27.4 Å². The first kappa shape index (κ1) is 14.5. The van der Waals surface area contributed by atoms with Crippen molar-refractivity contribution < 1.29 is 4.42 Å². The zero-order valence-corrected chi connectivity index (χ0v) is 12.2. The van der Waals surface area contributed by atoms with E-state index in [0.717, 1.165) is 18.7 Å². The Bertz CT molecular complexity index is 513. The molecular weight excluding hydrogens is 254 g/mol. The maximum Gasteiger partial charge on any atom is 0.318 e. The standard InChI is InChI=1S/C14H21N5O/c1-4-8-15-11(2)13-17-18-14(20-13)19(3)10-12-7-5-6-9-16-12/h5-7,9,11,15H,4,8,10H2,1-3H3. The second kappa shape index (κ2) is 7.00. The molecule has 1 N–H and O–H groups in total. The molecule has 108 valence electrons. The minimum atomic E-state index is 0.0689. The highest BCUT2D eigenvalue weighted by atomic mass is 16.4. The molecular formula is C14H21N5O. The molecule has 0 aromatic carbocycles. The lowest BCUT2D eigenvalue weighted by Crippen LogP contribution is -2.19. The first-order valence-electron chi connectivity index (χ1n) is 6.88.